The Labute approximate surface area is 148 Å². The van der Waals surface area contributed by atoms with Crippen molar-refractivity contribution in [3.05, 3.63) is 53.9 Å². The van der Waals surface area contributed by atoms with E-state index in [1.807, 2.05) is 17.7 Å². The van der Waals surface area contributed by atoms with Gasteiger partial charge in [0.25, 0.3) is 0 Å². The molecule has 136 valence electrons. The standard InChI is InChI=1S/C19H27FN4O/c1-4-9-22-19(25)24(12-15(2)3)14-18-21-10-11-23(18)13-16-5-7-17(20)8-6-16/h5-8,10-11,15H,4,9,12-14H2,1-3H3,(H,22,25). The molecule has 0 aliphatic heterocycles. The summed E-state index contributed by atoms with van der Waals surface area (Å²) >= 11 is 0. The van der Waals surface area contributed by atoms with Gasteiger partial charge >= 0.3 is 6.03 Å². The van der Waals surface area contributed by atoms with E-state index >= 15 is 0 Å². The van der Waals surface area contributed by atoms with Crippen LogP contribution in [0.3, 0.4) is 0 Å². The molecule has 2 amide bonds. The van der Waals surface area contributed by atoms with Crippen LogP contribution in [0.25, 0.3) is 0 Å². The molecule has 1 N–H and O–H groups in total. The fourth-order valence-corrected chi connectivity index (χ4v) is 2.60. The number of hydrogen-bond donors (Lipinski definition) is 1. The summed E-state index contributed by atoms with van der Waals surface area (Å²) in [6.07, 6.45) is 4.52. The largest absolute Gasteiger partial charge is 0.338 e. The van der Waals surface area contributed by atoms with E-state index < -0.39 is 0 Å². The second-order valence-corrected chi connectivity index (χ2v) is 6.60. The molecule has 6 heteroatoms. The van der Waals surface area contributed by atoms with Gasteiger partial charge in [-0.1, -0.05) is 32.9 Å². The molecule has 1 heterocycles. The van der Waals surface area contributed by atoms with Crippen LogP contribution in [0.5, 0.6) is 0 Å². The van der Waals surface area contributed by atoms with Gasteiger partial charge in [-0.25, -0.2) is 14.2 Å². The minimum absolute atomic E-state index is 0.0631. The Bertz CT molecular complexity index is 666. The Hall–Kier alpha value is -2.37. The molecule has 5 nitrogen and oxygen atoms in total. The summed E-state index contributed by atoms with van der Waals surface area (Å²) in [7, 11) is 0. The van der Waals surface area contributed by atoms with E-state index in [1.165, 1.54) is 12.1 Å². The molecular formula is C19H27FN4O. The van der Waals surface area contributed by atoms with E-state index in [9.17, 15) is 9.18 Å². The van der Waals surface area contributed by atoms with Gasteiger partial charge in [0, 0.05) is 32.0 Å². The van der Waals surface area contributed by atoms with Gasteiger partial charge in [-0.3, -0.25) is 0 Å². The minimum atomic E-state index is -0.245. The molecule has 1 aromatic carbocycles. The summed E-state index contributed by atoms with van der Waals surface area (Å²) in [4.78, 5) is 18.6. The Morgan fingerprint density at radius 2 is 2.04 bits per heavy atom. The lowest BCUT2D eigenvalue weighted by atomic mass is 10.2. The van der Waals surface area contributed by atoms with Crippen molar-refractivity contribution >= 4 is 6.03 Å². The van der Waals surface area contributed by atoms with Crippen LogP contribution in [-0.2, 0) is 13.1 Å². The highest BCUT2D eigenvalue weighted by molar-refractivity contribution is 5.74. The summed E-state index contributed by atoms with van der Waals surface area (Å²) in [5, 5.41) is 2.93. The Balaban J connectivity index is 2.09. The first-order valence-corrected chi connectivity index (χ1v) is 8.76. The van der Waals surface area contributed by atoms with E-state index in [0.717, 1.165) is 17.8 Å². The number of nitrogens with one attached hydrogen (secondary N) is 1. The molecule has 0 saturated heterocycles. The topological polar surface area (TPSA) is 50.2 Å². The molecule has 0 aliphatic rings. The first-order chi connectivity index (χ1) is 12.0. The van der Waals surface area contributed by atoms with Crippen molar-refractivity contribution in [2.75, 3.05) is 13.1 Å². The zero-order valence-corrected chi connectivity index (χ0v) is 15.2. The number of hydrogen-bond acceptors (Lipinski definition) is 2. The van der Waals surface area contributed by atoms with E-state index in [1.54, 1.807) is 23.2 Å². The lowest BCUT2D eigenvalue weighted by Gasteiger charge is -2.25. The number of halogens is 1. The number of benzene rings is 1. The first kappa shape index (κ1) is 19.0. The van der Waals surface area contributed by atoms with Crippen LogP contribution in [0.1, 0.15) is 38.6 Å². The summed E-state index contributed by atoms with van der Waals surface area (Å²) in [5.41, 5.74) is 0.992. The van der Waals surface area contributed by atoms with E-state index in [2.05, 4.69) is 24.1 Å². The van der Waals surface area contributed by atoms with Crippen molar-refractivity contribution in [1.82, 2.24) is 19.8 Å². The molecular weight excluding hydrogens is 319 g/mol. The second-order valence-electron chi connectivity index (χ2n) is 6.60. The average Bonchev–Trinajstić information content (AvgIpc) is 3.00. The lowest BCUT2D eigenvalue weighted by molar-refractivity contribution is 0.185. The minimum Gasteiger partial charge on any atom is -0.338 e. The molecule has 0 saturated carbocycles. The third-order valence-corrected chi connectivity index (χ3v) is 3.80. The van der Waals surface area contributed by atoms with Gasteiger partial charge in [-0.2, -0.15) is 0 Å². The van der Waals surface area contributed by atoms with Crippen LogP contribution in [0.4, 0.5) is 9.18 Å². The van der Waals surface area contributed by atoms with Gasteiger partial charge in [0.1, 0.15) is 11.6 Å². The number of nitrogens with zero attached hydrogens (tertiary/aromatic N) is 3. The molecule has 2 rings (SSSR count). The van der Waals surface area contributed by atoms with E-state index in [0.29, 0.717) is 32.1 Å². The summed E-state index contributed by atoms with van der Waals surface area (Å²) < 4.78 is 15.1. The smallest absolute Gasteiger partial charge is 0.317 e. The van der Waals surface area contributed by atoms with Gasteiger partial charge in [0.2, 0.25) is 0 Å². The van der Waals surface area contributed by atoms with Gasteiger partial charge < -0.3 is 14.8 Å². The number of carbonyl (C=O) groups excluding carboxylic acids is 1. The molecule has 0 aliphatic carbocycles. The molecule has 0 atom stereocenters. The molecule has 25 heavy (non-hydrogen) atoms. The summed E-state index contributed by atoms with van der Waals surface area (Å²) in [6.45, 7) is 8.58. The quantitative estimate of drug-likeness (QED) is 0.793. The summed E-state index contributed by atoms with van der Waals surface area (Å²) in [6, 6.07) is 6.37. The van der Waals surface area contributed by atoms with Crippen molar-refractivity contribution in [3.63, 3.8) is 0 Å². The van der Waals surface area contributed by atoms with Crippen molar-refractivity contribution in [2.24, 2.45) is 5.92 Å². The van der Waals surface area contributed by atoms with Crippen molar-refractivity contribution < 1.29 is 9.18 Å². The van der Waals surface area contributed by atoms with Crippen LogP contribution in [0, 0.1) is 11.7 Å². The fourth-order valence-electron chi connectivity index (χ4n) is 2.60. The summed E-state index contributed by atoms with van der Waals surface area (Å²) in [5.74, 6) is 0.940. The molecule has 0 unspecified atom stereocenters. The molecule has 0 fully saturated rings. The van der Waals surface area contributed by atoms with Crippen LogP contribution >= 0.6 is 0 Å². The molecule has 2 aromatic rings. The van der Waals surface area contributed by atoms with Crippen LogP contribution < -0.4 is 5.32 Å². The fraction of sp³-hybridized carbons (Fsp3) is 0.474. The molecule has 1 aromatic heterocycles. The molecule has 0 radical (unpaired) electrons. The third-order valence-electron chi connectivity index (χ3n) is 3.80. The monoisotopic (exact) mass is 346 g/mol. The molecule has 0 bridgehead atoms. The highest BCUT2D eigenvalue weighted by Gasteiger charge is 2.17. The van der Waals surface area contributed by atoms with Crippen molar-refractivity contribution in [2.45, 2.75) is 40.3 Å². The Kier molecular flexibility index (Phi) is 6.98. The maximum atomic E-state index is 13.1. The number of imidazole rings is 1. The van der Waals surface area contributed by atoms with E-state index in [-0.39, 0.29) is 11.8 Å². The van der Waals surface area contributed by atoms with Crippen LogP contribution in [0.2, 0.25) is 0 Å². The van der Waals surface area contributed by atoms with Gasteiger partial charge in [0.05, 0.1) is 6.54 Å². The zero-order chi connectivity index (χ0) is 18.2. The van der Waals surface area contributed by atoms with Gasteiger partial charge in [-0.15, -0.1) is 0 Å². The number of aromatic nitrogens is 2. The highest BCUT2D eigenvalue weighted by atomic mass is 19.1. The SMILES string of the molecule is CCCNC(=O)N(Cc1nccn1Cc1ccc(F)cc1)CC(C)C. The normalized spacial score (nSPS) is 10.9. The molecule has 0 spiro atoms. The Morgan fingerprint density at radius 3 is 2.68 bits per heavy atom. The van der Waals surface area contributed by atoms with Crippen LogP contribution in [-0.4, -0.2) is 33.6 Å². The van der Waals surface area contributed by atoms with E-state index in [4.69, 9.17) is 0 Å². The number of rotatable bonds is 8. The Morgan fingerprint density at radius 1 is 1.32 bits per heavy atom. The maximum absolute atomic E-state index is 13.1. The zero-order valence-electron chi connectivity index (χ0n) is 15.2. The van der Waals surface area contributed by atoms with Gasteiger partial charge in [-0.05, 0) is 30.0 Å². The van der Waals surface area contributed by atoms with Crippen molar-refractivity contribution in [1.29, 1.82) is 0 Å². The predicted octanol–water partition coefficient (Wildman–Crippen LogP) is 3.65. The number of amides is 2. The average molecular weight is 346 g/mol. The van der Waals surface area contributed by atoms with Crippen LogP contribution in [0.15, 0.2) is 36.7 Å². The highest BCUT2D eigenvalue weighted by Crippen LogP contribution is 2.11. The predicted molar refractivity (Wildman–Crippen MR) is 96.7 cm³/mol. The number of carbonyl (C=O) groups is 1. The van der Waals surface area contributed by atoms with Gasteiger partial charge in [0.15, 0.2) is 0 Å². The lowest BCUT2D eigenvalue weighted by Crippen LogP contribution is -2.42. The maximum Gasteiger partial charge on any atom is 0.317 e. The number of urea groups is 1. The third kappa shape index (κ3) is 5.89. The first-order valence-electron chi connectivity index (χ1n) is 8.76. The second kappa shape index (κ2) is 9.20. The van der Waals surface area contributed by atoms with Crippen molar-refractivity contribution in [3.8, 4) is 0 Å².